The van der Waals surface area contributed by atoms with Gasteiger partial charge in [-0.25, -0.2) is 4.79 Å². The molecule has 0 aromatic heterocycles. The van der Waals surface area contributed by atoms with Gasteiger partial charge < -0.3 is 15.5 Å². The minimum absolute atomic E-state index is 0.0491. The normalized spacial score (nSPS) is 11.0. The van der Waals surface area contributed by atoms with Crippen LogP contribution in [0.1, 0.15) is 31.9 Å². The summed E-state index contributed by atoms with van der Waals surface area (Å²) in [4.78, 5) is 25.1. The molecular formula is C17H27N3O2. The highest BCUT2D eigenvalue weighted by Gasteiger charge is 2.17. The number of likely N-dealkylation sites (N-methyl/N-ethyl adjacent to an activating group) is 1. The van der Waals surface area contributed by atoms with Gasteiger partial charge in [-0.2, -0.15) is 0 Å². The number of urea groups is 1. The lowest BCUT2D eigenvalue weighted by molar-refractivity contribution is -0.122. The zero-order valence-corrected chi connectivity index (χ0v) is 14.2. The van der Waals surface area contributed by atoms with Crippen LogP contribution in [-0.4, -0.2) is 42.5 Å². The van der Waals surface area contributed by atoms with E-state index < -0.39 is 0 Å². The van der Waals surface area contributed by atoms with E-state index in [4.69, 9.17) is 0 Å². The number of rotatable bonds is 5. The molecule has 1 aromatic rings. The fraction of sp³-hybridized carbons (Fsp3) is 0.529. The van der Waals surface area contributed by atoms with Crippen LogP contribution in [0, 0.1) is 6.92 Å². The molecule has 0 aliphatic rings. The van der Waals surface area contributed by atoms with E-state index in [1.54, 1.807) is 7.05 Å². The second-order valence-electron chi connectivity index (χ2n) is 6.56. The van der Waals surface area contributed by atoms with E-state index in [0.717, 1.165) is 6.42 Å². The van der Waals surface area contributed by atoms with E-state index in [2.05, 4.69) is 29.7 Å². The van der Waals surface area contributed by atoms with Crippen LogP contribution in [0.3, 0.4) is 0 Å². The number of carbonyl (C=O) groups is 2. The summed E-state index contributed by atoms with van der Waals surface area (Å²) in [7, 11) is 1.62. The van der Waals surface area contributed by atoms with E-state index in [1.807, 2.05) is 32.9 Å². The summed E-state index contributed by atoms with van der Waals surface area (Å²) in [5.74, 6) is -0.163. The number of hydrogen-bond donors (Lipinski definition) is 2. The molecule has 122 valence electrons. The minimum atomic E-state index is -0.292. The van der Waals surface area contributed by atoms with E-state index in [1.165, 1.54) is 16.0 Å². The monoisotopic (exact) mass is 305 g/mol. The number of aryl methyl sites for hydroxylation is 1. The van der Waals surface area contributed by atoms with E-state index in [-0.39, 0.29) is 24.0 Å². The van der Waals surface area contributed by atoms with Gasteiger partial charge in [0, 0.05) is 19.1 Å². The molecule has 0 atom stereocenters. The Morgan fingerprint density at radius 3 is 2.41 bits per heavy atom. The summed E-state index contributed by atoms with van der Waals surface area (Å²) in [6.45, 7) is 8.38. The highest BCUT2D eigenvalue weighted by Crippen LogP contribution is 2.06. The van der Waals surface area contributed by atoms with Crippen LogP contribution in [0.2, 0.25) is 0 Å². The third-order valence-corrected chi connectivity index (χ3v) is 3.17. The van der Waals surface area contributed by atoms with Gasteiger partial charge in [0.05, 0.1) is 0 Å². The highest BCUT2D eigenvalue weighted by molar-refractivity contribution is 5.84. The Morgan fingerprint density at radius 2 is 1.82 bits per heavy atom. The third kappa shape index (κ3) is 6.61. The SMILES string of the molecule is Cc1ccccc1CCNC(=O)N(C)CC(=O)NC(C)(C)C. The Balaban J connectivity index is 2.36. The minimum Gasteiger partial charge on any atom is -0.350 e. The molecular weight excluding hydrogens is 278 g/mol. The second-order valence-corrected chi connectivity index (χ2v) is 6.56. The Bertz CT molecular complexity index is 521. The molecule has 0 aliphatic carbocycles. The first-order valence-electron chi connectivity index (χ1n) is 7.53. The molecule has 0 heterocycles. The topological polar surface area (TPSA) is 61.4 Å². The average Bonchev–Trinajstić information content (AvgIpc) is 2.38. The molecule has 0 spiro atoms. The van der Waals surface area contributed by atoms with E-state index in [9.17, 15) is 9.59 Å². The lowest BCUT2D eigenvalue weighted by atomic mass is 10.1. The van der Waals surface area contributed by atoms with Crippen molar-refractivity contribution in [1.82, 2.24) is 15.5 Å². The van der Waals surface area contributed by atoms with Gasteiger partial charge in [-0.15, -0.1) is 0 Å². The van der Waals surface area contributed by atoms with Gasteiger partial charge in [-0.1, -0.05) is 24.3 Å². The molecule has 0 bridgehead atoms. The van der Waals surface area contributed by atoms with Gasteiger partial charge in [0.2, 0.25) is 5.91 Å². The first-order chi connectivity index (χ1) is 10.2. The van der Waals surface area contributed by atoms with Gasteiger partial charge >= 0.3 is 6.03 Å². The first-order valence-corrected chi connectivity index (χ1v) is 7.53. The summed E-state index contributed by atoms with van der Waals surface area (Å²) >= 11 is 0. The van der Waals surface area contributed by atoms with Gasteiger partial charge in [-0.05, 0) is 45.2 Å². The summed E-state index contributed by atoms with van der Waals surface area (Å²) in [5, 5.41) is 5.67. The highest BCUT2D eigenvalue weighted by atomic mass is 16.2. The Hall–Kier alpha value is -2.04. The van der Waals surface area contributed by atoms with Crippen LogP contribution in [0.15, 0.2) is 24.3 Å². The fourth-order valence-corrected chi connectivity index (χ4v) is 2.07. The lowest BCUT2D eigenvalue weighted by Gasteiger charge is -2.23. The molecule has 3 amide bonds. The van der Waals surface area contributed by atoms with E-state index >= 15 is 0 Å². The molecule has 1 rings (SSSR count). The van der Waals surface area contributed by atoms with Crippen molar-refractivity contribution < 1.29 is 9.59 Å². The van der Waals surface area contributed by atoms with Crippen LogP contribution < -0.4 is 10.6 Å². The first kappa shape index (κ1) is 18.0. The molecule has 0 unspecified atom stereocenters. The number of nitrogens with zero attached hydrogens (tertiary/aromatic N) is 1. The fourth-order valence-electron chi connectivity index (χ4n) is 2.07. The van der Waals surface area contributed by atoms with Crippen LogP contribution in [-0.2, 0) is 11.2 Å². The van der Waals surface area contributed by atoms with E-state index in [0.29, 0.717) is 6.54 Å². The Kier molecular flexibility index (Phi) is 6.40. The summed E-state index contributed by atoms with van der Waals surface area (Å²) in [6, 6.07) is 7.87. The van der Waals surface area contributed by atoms with Gasteiger partial charge in [0.25, 0.3) is 0 Å². The quantitative estimate of drug-likeness (QED) is 0.875. The second kappa shape index (κ2) is 7.82. The number of carbonyl (C=O) groups excluding carboxylic acids is 2. The van der Waals surface area contributed by atoms with Crippen molar-refractivity contribution in [2.75, 3.05) is 20.1 Å². The van der Waals surface area contributed by atoms with Crippen molar-refractivity contribution in [3.63, 3.8) is 0 Å². The standard InChI is InChI=1S/C17H27N3O2/c1-13-8-6-7-9-14(13)10-11-18-16(22)20(5)12-15(21)19-17(2,3)4/h6-9H,10-12H2,1-5H3,(H,18,22)(H,19,21). The average molecular weight is 305 g/mol. The molecule has 0 radical (unpaired) electrons. The van der Waals surface area contributed by atoms with Gasteiger partial charge in [0.15, 0.2) is 0 Å². The molecule has 5 nitrogen and oxygen atoms in total. The zero-order valence-electron chi connectivity index (χ0n) is 14.2. The third-order valence-electron chi connectivity index (χ3n) is 3.17. The predicted molar refractivity (Wildman–Crippen MR) is 88.8 cm³/mol. The van der Waals surface area contributed by atoms with Crippen LogP contribution >= 0.6 is 0 Å². The molecule has 1 aromatic carbocycles. The molecule has 22 heavy (non-hydrogen) atoms. The van der Waals surface area contributed by atoms with Crippen LogP contribution in [0.4, 0.5) is 4.79 Å². The Labute approximate surface area is 133 Å². The van der Waals surface area contributed by atoms with Gasteiger partial charge in [0.1, 0.15) is 6.54 Å². The molecule has 0 saturated carbocycles. The van der Waals surface area contributed by atoms with Crippen molar-refractivity contribution in [3.05, 3.63) is 35.4 Å². The molecule has 0 fully saturated rings. The number of amides is 3. The lowest BCUT2D eigenvalue weighted by Crippen LogP contribution is -2.48. The maximum atomic E-state index is 12.0. The van der Waals surface area contributed by atoms with Crippen LogP contribution in [0.25, 0.3) is 0 Å². The smallest absolute Gasteiger partial charge is 0.317 e. The van der Waals surface area contributed by atoms with Crippen molar-refractivity contribution in [2.45, 2.75) is 39.7 Å². The largest absolute Gasteiger partial charge is 0.350 e. The number of nitrogens with one attached hydrogen (secondary N) is 2. The predicted octanol–water partition coefficient (Wildman–Crippen LogP) is 2.09. The summed E-state index contributed by atoms with van der Waals surface area (Å²) in [5.41, 5.74) is 2.14. The zero-order chi connectivity index (χ0) is 16.8. The maximum Gasteiger partial charge on any atom is 0.317 e. The molecule has 5 heteroatoms. The molecule has 2 N–H and O–H groups in total. The Morgan fingerprint density at radius 1 is 1.18 bits per heavy atom. The maximum absolute atomic E-state index is 12.0. The van der Waals surface area contributed by atoms with Crippen molar-refractivity contribution in [1.29, 1.82) is 0 Å². The number of hydrogen-bond acceptors (Lipinski definition) is 2. The molecule has 0 saturated heterocycles. The summed E-state index contributed by atoms with van der Waals surface area (Å²) in [6.07, 6.45) is 0.778. The van der Waals surface area contributed by atoms with Crippen molar-refractivity contribution >= 4 is 11.9 Å². The number of benzene rings is 1. The van der Waals surface area contributed by atoms with Crippen molar-refractivity contribution in [2.24, 2.45) is 0 Å². The van der Waals surface area contributed by atoms with Crippen molar-refractivity contribution in [3.8, 4) is 0 Å². The summed E-state index contributed by atoms with van der Waals surface area (Å²) < 4.78 is 0. The van der Waals surface area contributed by atoms with Gasteiger partial charge in [-0.3, -0.25) is 4.79 Å². The van der Waals surface area contributed by atoms with Crippen LogP contribution in [0.5, 0.6) is 0 Å². The molecule has 0 aliphatic heterocycles.